The van der Waals surface area contributed by atoms with E-state index in [0.717, 1.165) is 5.56 Å². The van der Waals surface area contributed by atoms with Gasteiger partial charge < -0.3 is 24.6 Å². The first-order valence-electron chi connectivity index (χ1n) is 9.40. The zero-order valence-electron chi connectivity index (χ0n) is 17.2. The van der Waals surface area contributed by atoms with Gasteiger partial charge in [-0.05, 0) is 48.0 Å². The van der Waals surface area contributed by atoms with Crippen LogP contribution in [0.25, 0.3) is 0 Å². The Kier molecular flexibility index (Phi) is 7.66. The third-order valence-electron chi connectivity index (χ3n) is 4.61. The minimum absolute atomic E-state index is 0.0754. The summed E-state index contributed by atoms with van der Waals surface area (Å²) in [5.74, 6) is -0.244. The average molecular weight is 480 g/mol. The number of anilines is 1. The van der Waals surface area contributed by atoms with Crippen molar-refractivity contribution < 1.29 is 28.5 Å². The molecule has 0 atom stereocenters. The highest BCUT2D eigenvalue weighted by Gasteiger charge is 2.15. The number of hydrogen-bond acceptors (Lipinski definition) is 5. The Hall–Kier alpha value is -3.16. The Balaban J connectivity index is 1.78. The second-order valence-electron chi connectivity index (χ2n) is 6.71. The molecule has 0 amide bonds. The van der Waals surface area contributed by atoms with Crippen LogP contribution in [0.4, 0.5) is 10.1 Å². The number of ether oxygens (including phenoxy) is 3. The molecule has 0 aliphatic heterocycles. The number of methoxy groups -OCH3 is 2. The smallest absolute Gasteiger partial charge is 0.335 e. The number of carboxylic acids is 1. The van der Waals surface area contributed by atoms with Gasteiger partial charge in [-0.1, -0.05) is 29.3 Å². The van der Waals surface area contributed by atoms with E-state index in [1.807, 2.05) is 0 Å². The highest BCUT2D eigenvalue weighted by atomic mass is 35.5. The van der Waals surface area contributed by atoms with Crippen molar-refractivity contribution in [3.63, 3.8) is 0 Å². The van der Waals surface area contributed by atoms with Gasteiger partial charge in [0.05, 0.1) is 35.5 Å². The maximum absolute atomic E-state index is 13.2. The number of hydrogen-bond donors (Lipinski definition) is 2. The lowest BCUT2D eigenvalue weighted by Crippen LogP contribution is -2.05. The van der Waals surface area contributed by atoms with Crippen LogP contribution in [0, 0.1) is 5.82 Å². The lowest BCUT2D eigenvalue weighted by atomic mass is 10.1. The molecule has 3 rings (SSSR count). The van der Waals surface area contributed by atoms with Crippen LogP contribution in [-0.4, -0.2) is 25.3 Å². The van der Waals surface area contributed by atoms with Crippen LogP contribution in [0.2, 0.25) is 10.0 Å². The SMILES string of the molecule is COc1ccc(C(=O)O)cc1NCc1cc(Cl)c(OCc2ccc(F)cc2Cl)c(OC)c1. The number of halogens is 3. The molecule has 0 heterocycles. The Morgan fingerprint density at radius 1 is 1.00 bits per heavy atom. The number of rotatable bonds is 9. The first-order chi connectivity index (χ1) is 15.3. The summed E-state index contributed by atoms with van der Waals surface area (Å²) in [4.78, 5) is 11.3. The summed E-state index contributed by atoms with van der Waals surface area (Å²) < 4.78 is 29.7. The molecular formula is C23H20Cl2FNO5. The lowest BCUT2D eigenvalue weighted by molar-refractivity contribution is 0.0697. The van der Waals surface area contributed by atoms with E-state index in [1.54, 1.807) is 18.2 Å². The summed E-state index contributed by atoms with van der Waals surface area (Å²) in [6.45, 7) is 0.394. The van der Waals surface area contributed by atoms with Gasteiger partial charge >= 0.3 is 5.97 Å². The molecule has 3 aromatic carbocycles. The molecule has 168 valence electrons. The van der Waals surface area contributed by atoms with Gasteiger partial charge in [-0.15, -0.1) is 0 Å². The number of carboxylic acid groups (broad SMARTS) is 1. The highest BCUT2D eigenvalue weighted by molar-refractivity contribution is 6.32. The van der Waals surface area contributed by atoms with Gasteiger partial charge in [-0.3, -0.25) is 0 Å². The fourth-order valence-corrected chi connectivity index (χ4v) is 3.49. The van der Waals surface area contributed by atoms with Crippen LogP contribution in [-0.2, 0) is 13.2 Å². The molecule has 0 saturated heterocycles. The molecule has 0 radical (unpaired) electrons. The van der Waals surface area contributed by atoms with E-state index < -0.39 is 11.8 Å². The number of nitrogens with one attached hydrogen (secondary N) is 1. The summed E-state index contributed by atoms with van der Waals surface area (Å²) >= 11 is 12.5. The molecule has 0 aromatic heterocycles. The summed E-state index contributed by atoms with van der Waals surface area (Å²) in [7, 11) is 2.99. The fraction of sp³-hybridized carbons (Fsp3) is 0.174. The zero-order valence-corrected chi connectivity index (χ0v) is 18.8. The van der Waals surface area contributed by atoms with E-state index in [2.05, 4.69) is 5.32 Å². The topological polar surface area (TPSA) is 77.0 Å². The zero-order chi connectivity index (χ0) is 23.3. The second kappa shape index (κ2) is 10.4. The van der Waals surface area contributed by atoms with E-state index in [1.165, 1.54) is 44.6 Å². The molecule has 0 unspecified atom stereocenters. The first kappa shape index (κ1) is 23.5. The third-order valence-corrected chi connectivity index (χ3v) is 5.24. The van der Waals surface area contributed by atoms with Crippen LogP contribution in [0.3, 0.4) is 0 Å². The summed E-state index contributed by atoms with van der Waals surface area (Å²) in [5, 5.41) is 12.9. The summed E-state index contributed by atoms with van der Waals surface area (Å²) in [5.41, 5.74) is 2.02. The van der Waals surface area contributed by atoms with Crippen molar-refractivity contribution in [2.24, 2.45) is 0 Å². The number of carbonyl (C=O) groups is 1. The van der Waals surface area contributed by atoms with Gasteiger partial charge in [0.2, 0.25) is 0 Å². The van der Waals surface area contributed by atoms with Gasteiger partial charge in [0.15, 0.2) is 11.5 Å². The molecule has 0 bridgehead atoms. The van der Waals surface area contributed by atoms with Crippen molar-refractivity contribution >= 4 is 34.9 Å². The van der Waals surface area contributed by atoms with Crippen LogP contribution >= 0.6 is 23.2 Å². The molecule has 6 nitrogen and oxygen atoms in total. The van der Waals surface area contributed by atoms with Gasteiger partial charge in [-0.2, -0.15) is 0 Å². The molecule has 32 heavy (non-hydrogen) atoms. The molecule has 0 spiro atoms. The van der Waals surface area contributed by atoms with E-state index >= 15 is 0 Å². The molecule has 3 aromatic rings. The Morgan fingerprint density at radius 2 is 1.75 bits per heavy atom. The van der Waals surface area contributed by atoms with Crippen molar-refractivity contribution in [2.75, 3.05) is 19.5 Å². The predicted octanol–water partition coefficient (Wildman–Crippen LogP) is 6.04. The van der Waals surface area contributed by atoms with Crippen molar-refractivity contribution in [1.82, 2.24) is 0 Å². The Labute approximate surface area is 194 Å². The molecule has 9 heteroatoms. The molecule has 2 N–H and O–H groups in total. The van der Waals surface area contributed by atoms with Crippen molar-refractivity contribution in [3.05, 3.63) is 81.1 Å². The van der Waals surface area contributed by atoms with Gasteiger partial charge in [-0.25, -0.2) is 9.18 Å². The first-order valence-corrected chi connectivity index (χ1v) is 10.2. The quantitative estimate of drug-likeness (QED) is 0.389. The van der Waals surface area contributed by atoms with Crippen molar-refractivity contribution in [1.29, 1.82) is 0 Å². The minimum atomic E-state index is -1.04. The van der Waals surface area contributed by atoms with Gasteiger partial charge in [0.1, 0.15) is 18.2 Å². The normalized spacial score (nSPS) is 10.5. The summed E-state index contributed by atoms with van der Waals surface area (Å²) in [6.07, 6.45) is 0. The molecule has 0 fully saturated rings. The van der Waals surface area contributed by atoms with Crippen LogP contribution < -0.4 is 19.5 Å². The largest absolute Gasteiger partial charge is 0.495 e. The monoisotopic (exact) mass is 479 g/mol. The Bertz CT molecular complexity index is 1140. The summed E-state index contributed by atoms with van der Waals surface area (Å²) in [6, 6.07) is 12.0. The van der Waals surface area contributed by atoms with E-state index in [4.69, 9.17) is 37.4 Å². The average Bonchev–Trinajstić information content (AvgIpc) is 2.77. The minimum Gasteiger partial charge on any atom is -0.495 e. The van der Waals surface area contributed by atoms with Crippen molar-refractivity contribution in [2.45, 2.75) is 13.2 Å². The highest BCUT2D eigenvalue weighted by Crippen LogP contribution is 2.38. The van der Waals surface area contributed by atoms with Gasteiger partial charge in [0, 0.05) is 12.1 Å². The maximum Gasteiger partial charge on any atom is 0.335 e. The van der Waals surface area contributed by atoms with Gasteiger partial charge in [0.25, 0.3) is 0 Å². The molecule has 0 aliphatic rings. The molecule has 0 aliphatic carbocycles. The predicted molar refractivity (Wildman–Crippen MR) is 121 cm³/mol. The standard InChI is InChI=1S/C23H20Cl2FNO5/c1-30-20-6-4-14(23(28)29)9-19(20)27-11-13-7-18(25)22(21(8-13)31-2)32-12-15-3-5-16(26)10-17(15)24/h3-10,27H,11-12H2,1-2H3,(H,28,29). The number of aromatic carboxylic acids is 1. The number of benzene rings is 3. The maximum atomic E-state index is 13.2. The van der Waals surface area contributed by atoms with Crippen molar-refractivity contribution in [3.8, 4) is 17.2 Å². The fourth-order valence-electron chi connectivity index (χ4n) is 2.98. The lowest BCUT2D eigenvalue weighted by Gasteiger charge is -2.16. The van der Waals surface area contributed by atoms with E-state index in [9.17, 15) is 14.3 Å². The van der Waals surface area contributed by atoms with Crippen LogP contribution in [0.1, 0.15) is 21.5 Å². The molecule has 0 saturated carbocycles. The second-order valence-corrected chi connectivity index (χ2v) is 7.52. The van der Waals surface area contributed by atoms with Crippen LogP contribution in [0.5, 0.6) is 17.2 Å². The Morgan fingerprint density at radius 3 is 2.41 bits per heavy atom. The van der Waals surface area contributed by atoms with E-state index in [-0.39, 0.29) is 17.2 Å². The third kappa shape index (κ3) is 5.55. The van der Waals surface area contributed by atoms with Crippen LogP contribution in [0.15, 0.2) is 48.5 Å². The molecular weight excluding hydrogens is 460 g/mol. The van der Waals surface area contributed by atoms with E-state index in [0.29, 0.717) is 40.1 Å².